The number of likely N-dealkylation sites (N-methyl/N-ethyl adjacent to an activating group) is 1. The lowest BCUT2D eigenvalue weighted by Crippen LogP contribution is -2.50. The van der Waals surface area contributed by atoms with Gasteiger partial charge in [0, 0.05) is 31.8 Å². The van der Waals surface area contributed by atoms with Crippen molar-refractivity contribution in [3.8, 4) is 0 Å². The number of nitrogens with zero attached hydrogens (tertiary/aromatic N) is 1. The molecule has 1 heterocycles. The van der Waals surface area contributed by atoms with Crippen molar-refractivity contribution in [2.24, 2.45) is 5.92 Å². The molecule has 3 heteroatoms. The van der Waals surface area contributed by atoms with E-state index in [1.807, 2.05) is 0 Å². The average molecular weight is 296 g/mol. The van der Waals surface area contributed by atoms with Crippen molar-refractivity contribution in [1.82, 2.24) is 10.2 Å². The molecule has 1 aliphatic carbocycles. The minimum atomic E-state index is 0.704. The minimum Gasteiger partial charge on any atom is -0.381 e. The van der Waals surface area contributed by atoms with Crippen LogP contribution in [-0.4, -0.2) is 50.3 Å². The Morgan fingerprint density at radius 1 is 1.00 bits per heavy atom. The lowest BCUT2D eigenvalue weighted by Gasteiger charge is -2.39. The van der Waals surface area contributed by atoms with Crippen molar-refractivity contribution in [1.29, 1.82) is 0 Å². The van der Waals surface area contributed by atoms with Crippen LogP contribution in [0, 0.1) is 5.92 Å². The van der Waals surface area contributed by atoms with Crippen LogP contribution in [0.2, 0.25) is 0 Å². The molecule has 0 bridgehead atoms. The third-order valence-electron chi connectivity index (χ3n) is 5.34. The van der Waals surface area contributed by atoms with Gasteiger partial charge >= 0.3 is 0 Å². The maximum absolute atomic E-state index is 5.51. The highest BCUT2D eigenvalue weighted by Crippen LogP contribution is 2.24. The van der Waals surface area contributed by atoms with E-state index in [9.17, 15) is 0 Å². The van der Waals surface area contributed by atoms with Gasteiger partial charge in [-0.3, -0.25) is 0 Å². The first-order chi connectivity index (χ1) is 10.3. The molecule has 0 amide bonds. The fraction of sp³-hybridized carbons (Fsp3) is 1.00. The summed E-state index contributed by atoms with van der Waals surface area (Å²) in [7, 11) is 2.36. The van der Waals surface area contributed by atoms with Gasteiger partial charge in [0.1, 0.15) is 0 Å². The van der Waals surface area contributed by atoms with Crippen LogP contribution in [0.1, 0.15) is 64.7 Å². The van der Waals surface area contributed by atoms with E-state index in [1.165, 1.54) is 70.9 Å². The Morgan fingerprint density at radius 3 is 2.43 bits per heavy atom. The molecule has 1 saturated heterocycles. The zero-order valence-corrected chi connectivity index (χ0v) is 14.3. The molecule has 3 nitrogen and oxygen atoms in total. The van der Waals surface area contributed by atoms with Crippen molar-refractivity contribution in [2.75, 3.05) is 33.4 Å². The molecule has 1 N–H and O–H groups in total. The standard InChI is InChI=1S/C18H36N2O/c1-3-12-19-17-8-6-4-5-7-9-18(17)20(2)15-16-10-13-21-14-11-16/h16-19H,3-15H2,1-2H3. The normalized spacial score (nSPS) is 29.3. The van der Waals surface area contributed by atoms with Gasteiger partial charge in [-0.15, -0.1) is 0 Å². The number of hydrogen-bond acceptors (Lipinski definition) is 3. The first-order valence-electron chi connectivity index (χ1n) is 9.32. The third-order valence-corrected chi connectivity index (χ3v) is 5.34. The smallest absolute Gasteiger partial charge is 0.0469 e. The molecule has 124 valence electrons. The Hall–Kier alpha value is -0.120. The van der Waals surface area contributed by atoms with E-state index in [2.05, 4.69) is 24.2 Å². The van der Waals surface area contributed by atoms with E-state index in [4.69, 9.17) is 4.74 Å². The topological polar surface area (TPSA) is 24.5 Å². The molecule has 2 unspecified atom stereocenters. The molecule has 0 aromatic heterocycles. The average Bonchev–Trinajstić information content (AvgIpc) is 2.47. The Labute approximate surface area is 131 Å². The quantitative estimate of drug-likeness (QED) is 0.812. The van der Waals surface area contributed by atoms with E-state index in [1.54, 1.807) is 0 Å². The summed E-state index contributed by atoms with van der Waals surface area (Å²) in [5.74, 6) is 0.848. The summed E-state index contributed by atoms with van der Waals surface area (Å²) >= 11 is 0. The van der Waals surface area contributed by atoms with E-state index in [-0.39, 0.29) is 0 Å². The summed E-state index contributed by atoms with van der Waals surface area (Å²) in [5.41, 5.74) is 0. The van der Waals surface area contributed by atoms with Crippen molar-refractivity contribution in [3.05, 3.63) is 0 Å². The largest absolute Gasteiger partial charge is 0.381 e. The third kappa shape index (κ3) is 5.88. The SMILES string of the molecule is CCCNC1CCCCCCC1N(C)CC1CCOCC1. The summed E-state index contributed by atoms with van der Waals surface area (Å²) in [6.45, 7) is 6.66. The maximum Gasteiger partial charge on any atom is 0.0469 e. The number of ether oxygens (including phenoxy) is 1. The molecule has 0 spiro atoms. The second-order valence-corrected chi connectivity index (χ2v) is 7.11. The Balaban J connectivity index is 1.89. The van der Waals surface area contributed by atoms with Crippen LogP contribution in [0.25, 0.3) is 0 Å². The van der Waals surface area contributed by atoms with Gasteiger partial charge in [0.25, 0.3) is 0 Å². The number of hydrogen-bond donors (Lipinski definition) is 1. The highest BCUT2D eigenvalue weighted by molar-refractivity contribution is 4.86. The van der Waals surface area contributed by atoms with Gasteiger partial charge < -0.3 is 15.0 Å². The molecule has 2 rings (SSSR count). The zero-order chi connectivity index (χ0) is 14.9. The second kappa shape index (κ2) is 9.81. The van der Waals surface area contributed by atoms with Crippen molar-refractivity contribution in [2.45, 2.75) is 76.8 Å². The minimum absolute atomic E-state index is 0.704. The summed E-state index contributed by atoms with van der Waals surface area (Å²) in [6, 6.07) is 1.44. The van der Waals surface area contributed by atoms with Crippen LogP contribution in [-0.2, 0) is 4.74 Å². The van der Waals surface area contributed by atoms with Gasteiger partial charge in [0.2, 0.25) is 0 Å². The fourth-order valence-corrected chi connectivity index (χ4v) is 4.03. The number of nitrogens with one attached hydrogen (secondary N) is 1. The molecule has 2 atom stereocenters. The van der Waals surface area contributed by atoms with E-state index < -0.39 is 0 Å². The first kappa shape index (κ1) is 17.2. The van der Waals surface area contributed by atoms with Crippen LogP contribution < -0.4 is 5.32 Å². The molecule has 1 saturated carbocycles. The van der Waals surface area contributed by atoms with E-state index in [0.717, 1.165) is 25.2 Å². The van der Waals surface area contributed by atoms with Gasteiger partial charge in [-0.25, -0.2) is 0 Å². The lowest BCUT2D eigenvalue weighted by molar-refractivity contribution is 0.0448. The van der Waals surface area contributed by atoms with Gasteiger partial charge in [-0.05, 0) is 51.6 Å². The fourth-order valence-electron chi connectivity index (χ4n) is 4.03. The van der Waals surface area contributed by atoms with Crippen LogP contribution >= 0.6 is 0 Å². The first-order valence-corrected chi connectivity index (χ1v) is 9.32. The second-order valence-electron chi connectivity index (χ2n) is 7.11. The molecule has 0 aromatic rings. The number of rotatable bonds is 6. The Kier molecular flexibility index (Phi) is 8.05. The van der Waals surface area contributed by atoms with Gasteiger partial charge in [0.15, 0.2) is 0 Å². The maximum atomic E-state index is 5.51. The van der Waals surface area contributed by atoms with Crippen LogP contribution in [0.5, 0.6) is 0 Å². The van der Waals surface area contributed by atoms with Crippen LogP contribution in [0.4, 0.5) is 0 Å². The van der Waals surface area contributed by atoms with Crippen LogP contribution in [0.15, 0.2) is 0 Å². The summed E-state index contributed by atoms with van der Waals surface area (Å²) < 4.78 is 5.51. The van der Waals surface area contributed by atoms with E-state index >= 15 is 0 Å². The summed E-state index contributed by atoms with van der Waals surface area (Å²) in [6.07, 6.45) is 12.2. The van der Waals surface area contributed by atoms with Crippen LogP contribution in [0.3, 0.4) is 0 Å². The zero-order valence-electron chi connectivity index (χ0n) is 14.3. The van der Waals surface area contributed by atoms with Gasteiger partial charge in [-0.2, -0.15) is 0 Å². The van der Waals surface area contributed by atoms with Gasteiger partial charge in [0.05, 0.1) is 0 Å². The molecular formula is C18H36N2O. The Morgan fingerprint density at radius 2 is 1.71 bits per heavy atom. The lowest BCUT2D eigenvalue weighted by atomic mass is 9.90. The molecule has 21 heavy (non-hydrogen) atoms. The summed E-state index contributed by atoms with van der Waals surface area (Å²) in [4.78, 5) is 2.68. The Bertz CT molecular complexity index is 264. The van der Waals surface area contributed by atoms with Crippen molar-refractivity contribution < 1.29 is 4.74 Å². The molecule has 2 aliphatic rings. The van der Waals surface area contributed by atoms with Crippen molar-refractivity contribution in [3.63, 3.8) is 0 Å². The van der Waals surface area contributed by atoms with E-state index in [0.29, 0.717) is 6.04 Å². The molecule has 0 aromatic carbocycles. The molecular weight excluding hydrogens is 260 g/mol. The highest BCUT2D eigenvalue weighted by Gasteiger charge is 2.27. The van der Waals surface area contributed by atoms with Crippen molar-refractivity contribution >= 4 is 0 Å². The predicted molar refractivity (Wildman–Crippen MR) is 89.7 cm³/mol. The molecule has 0 radical (unpaired) electrons. The highest BCUT2D eigenvalue weighted by atomic mass is 16.5. The predicted octanol–water partition coefficient (Wildman–Crippen LogP) is 3.44. The molecule has 2 fully saturated rings. The summed E-state index contributed by atoms with van der Waals surface area (Å²) in [5, 5.41) is 3.84. The van der Waals surface area contributed by atoms with Gasteiger partial charge in [-0.1, -0.05) is 32.6 Å². The molecule has 1 aliphatic heterocycles. The monoisotopic (exact) mass is 296 g/mol.